The lowest BCUT2D eigenvalue weighted by Crippen LogP contribution is -2.52. The minimum Gasteiger partial charge on any atom is -0.497 e. The maximum Gasteiger partial charge on any atom is 0.264 e. The van der Waals surface area contributed by atoms with Crippen LogP contribution < -0.4 is 24.9 Å². The van der Waals surface area contributed by atoms with Gasteiger partial charge in [0.1, 0.15) is 11.5 Å². The molecule has 0 aromatic heterocycles. The third kappa shape index (κ3) is 6.01. The summed E-state index contributed by atoms with van der Waals surface area (Å²) in [6, 6.07) is 20.2. The largest absolute Gasteiger partial charge is 0.497 e. The monoisotopic (exact) mass is 697 g/mol. The van der Waals surface area contributed by atoms with Gasteiger partial charge in [0.05, 0.1) is 53.2 Å². The van der Waals surface area contributed by atoms with Gasteiger partial charge in [-0.1, -0.05) is 43.4 Å². The molecular formula is C39H47N3O7Si. The molecule has 6 rings (SSSR count). The van der Waals surface area contributed by atoms with Crippen LogP contribution in [0.3, 0.4) is 0 Å². The van der Waals surface area contributed by atoms with Crippen molar-refractivity contribution in [2.75, 3.05) is 44.1 Å². The normalized spacial score (nSPS) is 24.4. The van der Waals surface area contributed by atoms with Gasteiger partial charge in [-0.05, 0) is 73.0 Å². The molecule has 3 heterocycles. The van der Waals surface area contributed by atoms with Crippen molar-refractivity contribution in [2.24, 2.45) is 5.92 Å². The summed E-state index contributed by atoms with van der Waals surface area (Å²) >= 11 is 0. The molecule has 0 unspecified atom stereocenters. The summed E-state index contributed by atoms with van der Waals surface area (Å²) in [5.41, 5.74) is 0.806. The van der Waals surface area contributed by atoms with E-state index in [0.29, 0.717) is 34.8 Å². The number of ether oxygens (including phenoxy) is 3. The molecule has 3 amide bonds. The molecule has 3 aliphatic heterocycles. The zero-order chi connectivity index (χ0) is 35.8. The summed E-state index contributed by atoms with van der Waals surface area (Å²) in [4.78, 5) is 45.6. The van der Waals surface area contributed by atoms with Crippen LogP contribution in [0.15, 0.2) is 79.4 Å². The van der Waals surface area contributed by atoms with E-state index in [1.807, 2.05) is 24.3 Å². The molecule has 0 radical (unpaired) electrons. The summed E-state index contributed by atoms with van der Waals surface area (Å²) < 4.78 is 17.8. The van der Waals surface area contributed by atoms with Crippen molar-refractivity contribution in [3.63, 3.8) is 0 Å². The topological polar surface area (TPSA) is 118 Å². The first-order valence-corrected chi connectivity index (χ1v) is 20.3. The first-order valence-electron chi connectivity index (χ1n) is 17.3. The summed E-state index contributed by atoms with van der Waals surface area (Å²) in [5, 5.41) is 14.2. The number of hydrogen-bond acceptors (Lipinski definition) is 7. The lowest BCUT2D eigenvalue weighted by atomic mass is 9.82. The van der Waals surface area contributed by atoms with E-state index >= 15 is 0 Å². The molecule has 2 saturated heterocycles. The number of hydrogen-bond donors (Lipinski definition) is 2. The van der Waals surface area contributed by atoms with Crippen LogP contribution >= 0.6 is 0 Å². The molecule has 3 aliphatic rings. The molecule has 11 heteroatoms. The Morgan fingerprint density at radius 1 is 1.06 bits per heavy atom. The van der Waals surface area contributed by atoms with E-state index in [1.54, 1.807) is 60.4 Å². The minimum absolute atomic E-state index is 0.0746. The highest BCUT2D eigenvalue weighted by atomic mass is 28.3. The second kappa shape index (κ2) is 14.0. The van der Waals surface area contributed by atoms with Crippen LogP contribution in [0, 0.1) is 5.92 Å². The number of rotatable bonds is 11. The van der Waals surface area contributed by atoms with Gasteiger partial charge in [-0.25, -0.2) is 0 Å². The lowest BCUT2D eigenvalue weighted by Gasteiger charge is -2.37. The molecular weight excluding hydrogens is 651 g/mol. The van der Waals surface area contributed by atoms with Crippen molar-refractivity contribution < 1.29 is 33.7 Å². The number of methoxy groups -OCH3 is 2. The highest BCUT2D eigenvalue weighted by Crippen LogP contribution is 2.60. The molecule has 0 saturated carbocycles. The third-order valence-electron chi connectivity index (χ3n) is 11.0. The maximum atomic E-state index is 14.8. The Kier molecular flexibility index (Phi) is 9.94. The van der Waals surface area contributed by atoms with E-state index in [2.05, 4.69) is 44.0 Å². The molecule has 50 heavy (non-hydrogen) atoms. The van der Waals surface area contributed by atoms with E-state index in [0.717, 1.165) is 23.8 Å². The van der Waals surface area contributed by atoms with Crippen LogP contribution in [0.2, 0.25) is 18.6 Å². The Labute approximate surface area is 295 Å². The lowest BCUT2D eigenvalue weighted by molar-refractivity contribution is -0.149. The van der Waals surface area contributed by atoms with Gasteiger partial charge in [0.2, 0.25) is 5.91 Å². The van der Waals surface area contributed by atoms with Crippen LogP contribution in [0.5, 0.6) is 11.5 Å². The standard InChI is InChI=1S/C39H47N3O7Si/c1-7-20-42-33-19-12-27(40-37(45)26-10-13-29(47-3)14-11-26)22-32(33)39(38(42)46)25(2)36(50(5,6)31-17-15-30(48-4)16-18-31)34(49-39)23-35(44)41-21-8-9-28(41)24-43/h7,10-19,22,25,28,34,36,43H,1,8-9,20-21,23-24H2,2-6H3,(H,40,45)/t25-,28-,34+,36-,39+/m0/s1. The molecule has 0 aliphatic carbocycles. The number of carbonyl (C=O) groups excluding carboxylic acids is 3. The Morgan fingerprint density at radius 2 is 1.72 bits per heavy atom. The van der Waals surface area contributed by atoms with Crippen molar-refractivity contribution >= 4 is 42.4 Å². The van der Waals surface area contributed by atoms with E-state index < -0.39 is 19.8 Å². The highest BCUT2D eigenvalue weighted by molar-refractivity contribution is 6.91. The van der Waals surface area contributed by atoms with E-state index in [9.17, 15) is 19.5 Å². The average molecular weight is 698 g/mol. The van der Waals surface area contributed by atoms with Crippen molar-refractivity contribution in [3.05, 3.63) is 90.5 Å². The highest BCUT2D eigenvalue weighted by Gasteiger charge is 2.66. The third-order valence-corrected chi connectivity index (χ3v) is 15.4. The quantitative estimate of drug-likeness (QED) is 0.212. The second-order valence-corrected chi connectivity index (χ2v) is 18.7. The summed E-state index contributed by atoms with van der Waals surface area (Å²) in [6.45, 7) is 11.3. The van der Waals surface area contributed by atoms with Crippen LogP contribution in [-0.2, 0) is 19.9 Å². The van der Waals surface area contributed by atoms with Crippen LogP contribution in [-0.4, -0.2) is 81.9 Å². The SMILES string of the molecule is C=CCN1C(=O)[C@]2(O[C@H](CC(=O)N3CCC[C@H]3CO)[C@@H]([Si](C)(C)c3ccc(OC)cc3)[C@@H]2C)c2cc(NC(=O)c3ccc(OC)cc3)ccc21. The fourth-order valence-electron chi connectivity index (χ4n) is 8.49. The van der Waals surface area contributed by atoms with Gasteiger partial charge in [0.25, 0.3) is 11.8 Å². The van der Waals surface area contributed by atoms with Crippen molar-refractivity contribution in [3.8, 4) is 11.5 Å². The zero-order valence-corrected chi connectivity index (χ0v) is 30.5. The molecule has 3 aromatic carbocycles. The summed E-state index contributed by atoms with van der Waals surface area (Å²) in [6.07, 6.45) is 2.82. The number of fused-ring (bicyclic) bond motifs is 2. The van der Waals surface area contributed by atoms with Gasteiger partial charge in [-0.3, -0.25) is 14.4 Å². The van der Waals surface area contributed by atoms with E-state index in [1.165, 1.54) is 0 Å². The minimum atomic E-state index is -2.49. The molecule has 3 aromatic rings. The summed E-state index contributed by atoms with van der Waals surface area (Å²) in [7, 11) is 0.722. The number of amides is 3. The Bertz CT molecular complexity index is 1760. The number of benzene rings is 3. The number of nitrogens with one attached hydrogen (secondary N) is 1. The first kappa shape index (κ1) is 35.4. The predicted octanol–water partition coefficient (Wildman–Crippen LogP) is 5.08. The van der Waals surface area contributed by atoms with Gasteiger partial charge in [0.15, 0.2) is 5.60 Å². The average Bonchev–Trinajstić information content (AvgIpc) is 3.79. The Hall–Kier alpha value is -4.45. The predicted molar refractivity (Wildman–Crippen MR) is 196 cm³/mol. The molecule has 10 nitrogen and oxygen atoms in total. The van der Waals surface area contributed by atoms with Gasteiger partial charge >= 0.3 is 0 Å². The fourth-order valence-corrected chi connectivity index (χ4v) is 12.5. The van der Waals surface area contributed by atoms with E-state index in [-0.39, 0.29) is 54.8 Å². The molecule has 264 valence electrons. The summed E-state index contributed by atoms with van der Waals surface area (Å²) in [5.74, 6) is 0.500. The number of anilines is 2. The van der Waals surface area contributed by atoms with Crippen LogP contribution in [0.4, 0.5) is 11.4 Å². The number of carbonyl (C=O) groups is 3. The maximum absolute atomic E-state index is 14.8. The zero-order valence-electron chi connectivity index (χ0n) is 29.5. The number of nitrogens with zero attached hydrogens (tertiary/aromatic N) is 2. The van der Waals surface area contributed by atoms with Crippen molar-refractivity contribution in [2.45, 2.75) is 62.6 Å². The molecule has 1 spiro atoms. The second-order valence-electron chi connectivity index (χ2n) is 14.0. The first-order chi connectivity index (χ1) is 24.0. The van der Waals surface area contributed by atoms with E-state index in [4.69, 9.17) is 14.2 Å². The Balaban J connectivity index is 1.42. The van der Waals surface area contributed by atoms with Crippen molar-refractivity contribution in [1.29, 1.82) is 0 Å². The van der Waals surface area contributed by atoms with Crippen LogP contribution in [0.25, 0.3) is 0 Å². The molecule has 2 fully saturated rings. The van der Waals surface area contributed by atoms with Gasteiger partial charge < -0.3 is 34.4 Å². The number of aliphatic hydroxyl groups is 1. The smallest absolute Gasteiger partial charge is 0.264 e. The fraction of sp³-hybridized carbons (Fsp3) is 0.410. The van der Waals surface area contributed by atoms with Gasteiger partial charge in [-0.2, -0.15) is 0 Å². The number of likely N-dealkylation sites (tertiary alicyclic amines) is 1. The van der Waals surface area contributed by atoms with Gasteiger partial charge in [-0.15, -0.1) is 6.58 Å². The molecule has 2 N–H and O–H groups in total. The van der Waals surface area contributed by atoms with Crippen LogP contribution in [0.1, 0.15) is 42.1 Å². The van der Waals surface area contributed by atoms with Crippen molar-refractivity contribution in [1.82, 2.24) is 4.90 Å². The molecule has 5 atom stereocenters. The van der Waals surface area contributed by atoms with Gasteiger partial charge in [0, 0.05) is 35.8 Å². The Morgan fingerprint density at radius 3 is 2.34 bits per heavy atom. The number of aliphatic hydroxyl groups excluding tert-OH is 1. The molecule has 0 bridgehead atoms.